The van der Waals surface area contributed by atoms with Crippen molar-refractivity contribution in [1.82, 2.24) is 10.2 Å². The monoisotopic (exact) mass is 432 g/mol. The van der Waals surface area contributed by atoms with E-state index in [2.05, 4.69) is 20.8 Å². The number of thioether (sulfide) groups is 1. The molecule has 0 fully saturated rings. The first kappa shape index (κ1) is 21.0. The lowest BCUT2D eigenvalue weighted by atomic mass is 9.82. The zero-order chi connectivity index (χ0) is 20.8. The molecule has 1 aromatic heterocycles. The second-order valence-electron chi connectivity index (χ2n) is 6.47. The molecular weight excluding hydrogens is 412 g/mol. The van der Waals surface area contributed by atoms with E-state index < -0.39 is 17.8 Å². The van der Waals surface area contributed by atoms with Crippen molar-refractivity contribution in [2.24, 2.45) is 11.8 Å². The fraction of sp³-hybridized carbons (Fsp3) is 0.316. The number of carboxylic acids is 1. The first-order chi connectivity index (χ1) is 13.9. The summed E-state index contributed by atoms with van der Waals surface area (Å²) in [6.07, 6.45) is 4.43. The number of carbonyl (C=O) groups is 3. The van der Waals surface area contributed by atoms with E-state index in [0.29, 0.717) is 23.7 Å². The second kappa shape index (κ2) is 9.66. The third-order valence-corrected chi connectivity index (χ3v) is 6.12. The van der Waals surface area contributed by atoms with Gasteiger partial charge in [0.25, 0.3) is 0 Å². The zero-order valence-corrected chi connectivity index (χ0v) is 17.3. The van der Waals surface area contributed by atoms with Crippen molar-refractivity contribution in [3.8, 4) is 0 Å². The molecule has 2 atom stereocenters. The van der Waals surface area contributed by atoms with E-state index in [9.17, 15) is 19.5 Å². The van der Waals surface area contributed by atoms with Crippen molar-refractivity contribution >= 4 is 51.7 Å². The van der Waals surface area contributed by atoms with Crippen LogP contribution >= 0.6 is 23.1 Å². The first-order valence-electron chi connectivity index (χ1n) is 8.94. The third-order valence-electron chi connectivity index (χ3n) is 4.35. The Labute approximate surface area is 175 Å². The predicted molar refractivity (Wildman–Crippen MR) is 112 cm³/mol. The Morgan fingerprint density at radius 3 is 2.41 bits per heavy atom. The summed E-state index contributed by atoms with van der Waals surface area (Å²) in [5.41, 5.74) is 0.590. The molecule has 1 aliphatic carbocycles. The topological polar surface area (TPSA) is 121 Å². The minimum absolute atomic E-state index is 0.173. The second-order valence-corrected chi connectivity index (χ2v) is 8.70. The maximum Gasteiger partial charge on any atom is 0.307 e. The normalized spacial score (nSPS) is 18.2. The van der Waals surface area contributed by atoms with Crippen molar-refractivity contribution in [1.29, 1.82) is 0 Å². The van der Waals surface area contributed by atoms with Gasteiger partial charge in [-0.25, -0.2) is 0 Å². The van der Waals surface area contributed by atoms with Gasteiger partial charge in [0.1, 0.15) is 5.01 Å². The summed E-state index contributed by atoms with van der Waals surface area (Å²) < 4.78 is 0. The number of aliphatic carboxylic acids is 1. The average Bonchev–Trinajstić information content (AvgIpc) is 3.12. The number of allylic oxidation sites excluding steroid dienone is 2. The summed E-state index contributed by atoms with van der Waals surface area (Å²) in [6, 6.07) is 7.08. The average molecular weight is 433 g/mol. The van der Waals surface area contributed by atoms with Crippen LogP contribution < -0.4 is 10.6 Å². The van der Waals surface area contributed by atoms with Crippen LogP contribution in [-0.4, -0.2) is 38.8 Å². The van der Waals surface area contributed by atoms with E-state index in [1.54, 1.807) is 30.3 Å². The molecule has 152 valence electrons. The van der Waals surface area contributed by atoms with Crippen LogP contribution in [0.25, 0.3) is 0 Å². The summed E-state index contributed by atoms with van der Waals surface area (Å²) in [4.78, 5) is 36.7. The number of carboxylic acid groups (broad SMARTS) is 1. The number of aryl methyl sites for hydroxylation is 1. The lowest BCUT2D eigenvalue weighted by Crippen LogP contribution is -2.34. The molecular formula is C19H20N4O4S2. The van der Waals surface area contributed by atoms with Gasteiger partial charge in [0, 0.05) is 10.6 Å². The lowest BCUT2D eigenvalue weighted by molar-refractivity contribution is -0.146. The molecule has 1 aromatic carbocycles. The van der Waals surface area contributed by atoms with E-state index in [-0.39, 0.29) is 17.6 Å². The maximum atomic E-state index is 12.5. The Balaban J connectivity index is 1.50. The SMILES string of the molecule is Cc1nnc(NC(=O)CSc2ccc(NC(=O)C3CC=CCC3C(=O)O)cc2)s1. The van der Waals surface area contributed by atoms with Crippen LogP contribution in [0.3, 0.4) is 0 Å². The molecule has 2 amide bonds. The minimum Gasteiger partial charge on any atom is -0.481 e. The van der Waals surface area contributed by atoms with Gasteiger partial charge in [0.15, 0.2) is 0 Å². The van der Waals surface area contributed by atoms with Gasteiger partial charge in [-0.3, -0.25) is 19.7 Å². The van der Waals surface area contributed by atoms with Crippen molar-refractivity contribution in [2.45, 2.75) is 24.7 Å². The lowest BCUT2D eigenvalue weighted by Gasteiger charge is -2.24. The summed E-state index contributed by atoms with van der Waals surface area (Å²) in [5, 5.41) is 23.7. The van der Waals surface area contributed by atoms with Gasteiger partial charge in [0.05, 0.1) is 17.6 Å². The highest BCUT2D eigenvalue weighted by molar-refractivity contribution is 8.00. The van der Waals surface area contributed by atoms with E-state index in [1.165, 1.54) is 23.1 Å². The quantitative estimate of drug-likeness (QED) is 0.454. The van der Waals surface area contributed by atoms with Gasteiger partial charge in [-0.05, 0) is 44.0 Å². The Morgan fingerprint density at radius 1 is 1.10 bits per heavy atom. The number of nitrogens with one attached hydrogen (secondary N) is 2. The minimum atomic E-state index is -0.955. The molecule has 0 saturated heterocycles. The zero-order valence-electron chi connectivity index (χ0n) is 15.6. The number of aromatic nitrogens is 2. The molecule has 8 nitrogen and oxygen atoms in total. The molecule has 0 spiro atoms. The van der Waals surface area contributed by atoms with Crippen molar-refractivity contribution in [2.75, 3.05) is 16.4 Å². The van der Waals surface area contributed by atoms with Crippen molar-refractivity contribution in [3.05, 3.63) is 41.4 Å². The maximum absolute atomic E-state index is 12.5. The third kappa shape index (κ3) is 5.88. The Bertz CT molecular complexity index is 927. The fourth-order valence-electron chi connectivity index (χ4n) is 2.90. The summed E-state index contributed by atoms with van der Waals surface area (Å²) in [6.45, 7) is 1.81. The number of carbonyl (C=O) groups excluding carboxylic acids is 2. The Morgan fingerprint density at radius 2 is 1.79 bits per heavy atom. The highest BCUT2D eigenvalue weighted by atomic mass is 32.2. The van der Waals surface area contributed by atoms with Crippen LogP contribution in [0.5, 0.6) is 0 Å². The molecule has 2 aromatic rings. The van der Waals surface area contributed by atoms with Crippen LogP contribution in [-0.2, 0) is 14.4 Å². The molecule has 29 heavy (non-hydrogen) atoms. The highest BCUT2D eigenvalue weighted by Gasteiger charge is 2.33. The molecule has 1 aliphatic rings. The van der Waals surface area contributed by atoms with Gasteiger partial charge in [-0.15, -0.1) is 22.0 Å². The van der Waals surface area contributed by atoms with E-state index in [0.717, 1.165) is 9.90 Å². The summed E-state index contributed by atoms with van der Waals surface area (Å²) >= 11 is 2.67. The Kier molecular flexibility index (Phi) is 6.99. The molecule has 3 rings (SSSR count). The molecule has 1 heterocycles. The van der Waals surface area contributed by atoms with Gasteiger partial charge in [-0.1, -0.05) is 23.5 Å². The largest absolute Gasteiger partial charge is 0.481 e. The van der Waals surface area contributed by atoms with E-state index in [4.69, 9.17) is 0 Å². The number of nitrogens with zero attached hydrogens (tertiary/aromatic N) is 2. The first-order valence-corrected chi connectivity index (χ1v) is 10.7. The van der Waals surface area contributed by atoms with Gasteiger partial charge in [-0.2, -0.15) is 0 Å². The van der Waals surface area contributed by atoms with Crippen LogP contribution in [0.15, 0.2) is 41.3 Å². The number of rotatable bonds is 7. The number of anilines is 2. The molecule has 0 saturated carbocycles. The molecule has 0 bridgehead atoms. The standard InChI is InChI=1S/C19H20N4O4S2/c1-11-22-23-19(29-11)21-16(24)10-28-13-8-6-12(7-9-13)20-17(25)14-4-2-3-5-15(14)18(26)27/h2-3,6-9,14-15H,4-5,10H2,1H3,(H,20,25)(H,26,27)(H,21,23,24). The van der Waals surface area contributed by atoms with Crippen LogP contribution in [0.1, 0.15) is 17.8 Å². The number of amides is 2. The molecule has 3 N–H and O–H groups in total. The molecule has 10 heteroatoms. The molecule has 0 aliphatic heterocycles. The molecule has 2 unspecified atom stereocenters. The van der Waals surface area contributed by atoms with Gasteiger partial charge in [0.2, 0.25) is 16.9 Å². The summed E-state index contributed by atoms with van der Waals surface area (Å²) in [7, 11) is 0. The smallest absolute Gasteiger partial charge is 0.307 e. The fourth-order valence-corrected chi connectivity index (χ4v) is 4.20. The Hall–Kier alpha value is -2.72. The number of benzene rings is 1. The highest BCUT2D eigenvalue weighted by Crippen LogP contribution is 2.28. The number of hydrogen-bond acceptors (Lipinski definition) is 7. The van der Waals surface area contributed by atoms with Crippen LogP contribution in [0.2, 0.25) is 0 Å². The predicted octanol–water partition coefficient (Wildman–Crippen LogP) is 3.18. The van der Waals surface area contributed by atoms with E-state index in [1.807, 2.05) is 13.0 Å². The summed E-state index contributed by atoms with van der Waals surface area (Å²) in [5.74, 6) is -2.49. The number of hydrogen-bond donors (Lipinski definition) is 3. The van der Waals surface area contributed by atoms with Crippen molar-refractivity contribution < 1.29 is 19.5 Å². The van der Waals surface area contributed by atoms with Crippen molar-refractivity contribution in [3.63, 3.8) is 0 Å². The van der Waals surface area contributed by atoms with Crippen LogP contribution in [0, 0.1) is 18.8 Å². The van der Waals surface area contributed by atoms with E-state index >= 15 is 0 Å². The van der Waals surface area contributed by atoms with Gasteiger partial charge < -0.3 is 10.4 Å². The molecule has 0 radical (unpaired) electrons. The van der Waals surface area contributed by atoms with Gasteiger partial charge >= 0.3 is 5.97 Å². The van der Waals surface area contributed by atoms with Crippen LogP contribution in [0.4, 0.5) is 10.8 Å².